The largest absolute Gasteiger partial charge is 0.520 e. The van der Waals surface area contributed by atoms with Gasteiger partial charge in [0.2, 0.25) is 8.32 Å². The van der Waals surface area contributed by atoms with Gasteiger partial charge in [0, 0.05) is 0 Å². The van der Waals surface area contributed by atoms with Crippen LogP contribution in [0.2, 0.25) is 38.3 Å². The van der Waals surface area contributed by atoms with Crippen molar-refractivity contribution in [2.75, 3.05) is 7.11 Å². The lowest BCUT2D eigenvalue weighted by atomic mass is 10.1. The van der Waals surface area contributed by atoms with Crippen molar-refractivity contribution in [2.45, 2.75) is 58.5 Å². The summed E-state index contributed by atoms with van der Waals surface area (Å²) in [5, 5.41) is 1.49. The van der Waals surface area contributed by atoms with E-state index in [1.165, 1.54) is 5.19 Å². The molecule has 0 radical (unpaired) electrons. The van der Waals surface area contributed by atoms with Crippen molar-refractivity contribution in [3.8, 4) is 0 Å². The summed E-state index contributed by atoms with van der Waals surface area (Å²) >= 11 is 0. The SMILES string of the molecule is CO/C(=C/C(CC(C)C)[Si](C)(C)c1ccccc1)O[Si](C)(C)C. The van der Waals surface area contributed by atoms with Crippen molar-refractivity contribution in [3.05, 3.63) is 42.4 Å². The van der Waals surface area contributed by atoms with Gasteiger partial charge in [0.15, 0.2) is 0 Å². The van der Waals surface area contributed by atoms with Crippen molar-refractivity contribution in [1.29, 1.82) is 0 Å². The van der Waals surface area contributed by atoms with Crippen molar-refractivity contribution in [2.24, 2.45) is 5.92 Å². The lowest BCUT2D eigenvalue weighted by Crippen LogP contribution is -2.46. The van der Waals surface area contributed by atoms with E-state index in [1.54, 1.807) is 7.11 Å². The van der Waals surface area contributed by atoms with Gasteiger partial charge in [0.1, 0.15) is 0 Å². The summed E-state index contributed by atoms with van der Waals surface area (Å²) in [5.41, 5.74) is 0.496. The van der Waals surface area contributed by atoms with Gasteiger partial charge in [0.25, 0.3) is 5.95 Å². The average Bonchev–Trinajstić information content (AvgIpc) is 2.44. The van der Waals surface area contributed by atoms with Crippen LogP contribution in [0.25, 0.3) is 0 Å². The van der Waals surface area contributed by atoms with Gasteiger partial charge < -0.3 is 9.16 Å². The monoisotopic (exact) mass is 350 g/mol. The molecule has 0 aliphatic rings. The molecule has 0 saturated heterocycles. The lowest BCUT2D eigenvalue weighted by Gasteiger charge is -2.33. The maximum atomic E-state index is 6.13. The molecule has 1 rings (SSSR count). The molecule has 1 aromatic rings. The minimum atomic E-state index is -1.66. The zero-order chi connectivity index (χ0) is 17.7. The molecule has 0 aliphatic heterocycles. The first-order chi connectivity index (χ1) is 10.6. The van der Waals surface area contributed by atoms with Crippen LogP contribution in [0.15, 0.2) is 42.4 Å². The molecule has 0 amide bonds. The molecule has 130 valence electrons. The minimum absolute atomic E-state index is 0.496. The van der Waals surface area contributed by atoms with Gasteiger partial charge in [-0.05, 0) is 43.6 Å². The van der Waals surface area contributed by atoms with E-state index in [-0.39, 0.29) is 0 Å². The van der Waals surface area contributed by atoms with E-state index >= 15 is 0 Å². The molecule has 0 N–H and O–H groups in total. The number of hydrogen-bond acceptors (Lipinski definition) is 2. The van der Waals surface area contributed by atoms with E-state index in [9.17, 15) is 0 Å². The molecule has 0 bridgehead atoms. The fraction of sp³-hybridized carbons (Fsp3) is 0.579. The third kappa shape index (κ3) is 6.55. The highest BCUT2D eigenvalue weighted by molar-refractivity contribution is 6.91. The predicted molar refractivity (Wildman–Crippen MR) is 106 cm³/mol. The first-order valence-corrected chi connectivity index (χ1v) is 15.0. The highest BCUT2D eigenvalue weighted by Crippen LogP contribution is 2.32. The van der Waals surface area contributed by atoms with Crippen LogP contribution in [0.5, 0.6) is 0 Å². The standard InChI is InChI=1S/C19H34O2Si2/c1-16(2)14-18(15-19(20-3)21-22(4,5)6)23(7,8)17-12-10-9-11-13-17/h9-13,15-16,18H,14H2,1-8H3/b19-15-. The number of allylic oxidation sites excluding steroid dienone is 1. The summed E-state index contributed by atoms with van der Waals surface area (Å²) in [6.07, 6.45) is 3.42. The molecule has 4 heteroatoms. The number of rotatable bonds is 8. The number of hydrogen-bond donors (Lipinski definition) is 0. The van der Waals surface area contributed by atoms with Crippen LogP contribution in [0.4, 0.5) is 0 Å². The van der Waals surface area contributed by atoms with Crippen LogP contribution < -0.4 is 5.19 Å². The Morgan fingerprint density at radius 3 is 2.04 bits per heavy atom. The molecule has 23 heavy (non-hydrogen) atoms. The van der Waals surface area contributed by atoms with Crippen molar-refractivity contribution < 1.29 is 9.16 Å². The van der Waals surface area contributed by atoms with E-state index < -0.39 is 16.4 Å². The van der Waals surface area contributed by atoms with Crippen LogP contribution in [0, 0.1) is 5.92 Å². The van der Waals surface area contributed by atoms with Crippen LogP contribution in [-0.4, -0.2) is 23.5 Å². The minimum Gasteiger partial charge on any atom is -0.520 e. The van der Waals surface area contributed by atoms with Gasteiger partial charge in [-0.1, -0.05) is 62.5 Å². The van der Waals surface area contributed by atoms with Gasteiger partial charge in [-0.15, -0.1) is 0 Å². The summed E-state index contributed by atoms with van der Waals surface area (Å²) in [6.45, 7) is 16.1. The van der Waals surface area contributed by atoms with E-state index in [2.05, 4.69) is 83.0 Å². The highest BCUT2D eigenvalue weighted by atomic mass is 28.4. The molecule has 1 unspecified atom stereocenters. The Morgan fingerprint density at radius 1 is 1.04 bits per heavy atom. The Balaban J connectivity index is 3.17. The van der Waals surface area contributed by atoms with Gasteiger partial charge >= 0.3 is 0 Å². The highest BCUT2D eigenvalue weighted by Gasteiger charge is 2.34. The number of benzene rings is 1. The second-order valence-corrected chi connectivity index (χ2v) is 17.4. The van der Waals surface area contributed by atoms with Gasteiger partial charge in [-0.2, -0.15) is 0 Å². The number of methoxy groups -OCH3 is 1. The van der Waals surface area contributed by atoms with E-state index in [0.717, 1.165) is 6.42 Å². The summed E-state index contributed by atoms with van der Waals surface area (Å²) in [7, 11) is -1.59. The zero-order valence-electron chi connectivity index (χ0n) is 16.1. The molecule has 0 saturated carbocycles. The topological polar surface area (TPSA) is 18.5 Å². The maximum Gasteiger partial charge on any atom is 0.260 e. The normalized spacial score (nSPS) is 14.7. The average molecular weight is 351 g/mol. The quantitative estimate of drug-likeness (QED) is 0.464. The lowest BCUT2D eigenvalue weighted by molar-refractivity contribution is 0.145. The summed E-state index contributed by atoms with van der Waals surface area (Å²) in [5.74, 6) is 1.36. The second kappa shape index (κ2) is 8.20. The Kier molecular flexibility index (Phi) is 7.14. The molecule has 0 aliphatic carbocycles. The summed E-state index contributed by atoms with van der Waals surface area (Å²) in [6, 6.07) is 10.9. The van der Waals surface area contributed by atoms with E-state index in [4.69, 9.17) is 9.16 Å². The van der Waals surface area contributed by atoms with Gasteiger partial charge in [-0.25, -0.2) is 0 Å². The molecule has 0 spiro atoms. The molecule has 0 aromatic heterocycles. The van der Waals surface area contributed by atoms with Crippen LogP contribution in [0.3, 0.4) is 0 Å². The van der Waals surface area contributed by atoms with Crippen LogP contribution in [0.1, 0.15) is 20.3 Å². The molecule has 1 atom stereocenters. The third-order valence-electron chi connectivity index (χ3n) is 4.12. The summed E-state index contributed by atoms with van der Waals surface area (Å²) < 4.78 is 11.7. The number of ether oxygens (including phenoxy) is 1. The van der Waals surface area contributed by atoms with Crippen molar-refractivity contribution in [1.82, 2.24) is 0 Å². The fourth-order valence-corrected chi connectivity index (χ4v) is 6.62. The molecule has 0 fully saturated rings. The third-order valence-corrected chi connectivity index (χ3v) is 9.01. The van der Waals surface area contributed by atoms with Crippen molar-refractivity contribution >= 4 is 21.6 Å². The Morgan fingerprint density at radius 2 is 1.61 bits per heavy atom. The van der Waals surface area contributed by atoms with Gasteiger partial charge in [-0.3, -0.25) is 0 Å². The Bertz CT molecular complexity index is 502. The Hall–Kier alpha value is -1.01. The van der Waals surface area contributed by atoms with Crippen LogP contribution in [-0.2, 0) is 9.16 Å². The molecule has 0 heterocycles. The van der Waals surface area contributed by atoms with Crippen molar-refractivity contribution in [3.63, 3.8) is 0 Å². The molecule has 2 nitrogen and oxygen atoms in total. The van der Waals surface area contributed by atoms with E-state index in [0.29, 0.717) is 17.4 Å². The molecular weight excluding hydrogens is 316 g/mol. The zero-order valence-corrected chi connectivity index (χ0v) is 18.1. The van der Waals surface area contributed by atoms with Crippen LogP contribution >= 0.6 is 0 Å². The van der Waals surface area contributed by atoms with E-state index in [1.807, 2.05) is 0 Å². The molecular formula is C19H34O2Si2. The first kappa shape index (κ1) is 20.0. The fourth-order valence-electron chi connectivity index (χ4n) is 2.77. The first-order valence-electron chi connectivity index (χ1n) is 8.56. The predicted octanol–water partition coefficient (Wildman–Crippen LogP) is 5.36. The summed E-state index contributed by atoms with van der Waals surface area (Å²) in [4.78, 5) is 0. The second-order valence-electron chi connectivity index (χ2n) is 8.23. The molecule has 1 aromatic carbocycles. The smallest absolute Gasteiger partial charge is 0.260 e. The Labute approximate surface area is 145 Å². The maximum absolute atomic E-state index is 6.13. The van der Waals surface area contributed by atoms with Gasteiger partial charge in [0.05, 0.1) is 15.2 Å².